The van der Waals surface area contributed by atoms with Crippen molar-refractivity contribution in [3.8, 4) is 11.1 Å². The molecule has 3 heteroatoms. The van der Waals surface area contributed by atoms with E-state index in [-0.39, 0.29) is 28.5 Å². The van der Waals surface area contributed by atoms with Crippen LogP contribution in [0.4, 0.5) is 17.1 Å². The van der Waals surface area contributed by atoms with Crippen LogP contribution in [0.15, 0.2) is 91.0 Å². The molecule has 0 spiro atoms. The fourth-order valence-corrected chi connectivity index (χ4v) is 18.4. The van der Waals surface area contributed by atoms with Crippen LogP contribution in [0.25, 0.3) is 43.7 Å². The minimum Gasteiger partial charge on any atom is -0.375 e. The number of aryl methyl sites for hydroxylation is 2. The molecular formula is C66H75BN2. The minimum absolute atomic E-state index is 0.0443. The van der Waals surface area contributed by atoms with Crippen LogP contribution in [0, 0.1) is 49.4 Å². The molecule has 5 aliphatic carbocycles. The highest BCUT2D eigenvalue weighted by atomic mass is 15.2. The summed E-state index contributed by atoms with van der Waals surface area (Å²) in [6.07, 6.45) is 16.1. The first-order valence-electron chi connectivity index (χ1n) is 27.7. The standard InChI is InChI=1S/C66H75BN2/c1-38-25-51-53-30-48(66-34-41(4)23-45(37-66)24-42(5)35-66)29-52-50-28-47(65-32-39(2)21-44(36-65)22-40(3)33-65)16-18-57(50)69(61(52)53)67-56-17-15-46-13-11-12-14-49(46)62(56)68(59(26-38)60(51)67)58-31-55-54(27-43(58)6)63(7,8)19-20-64(55,9)10/h11-18,25-31,39-42,44-45H,19-24,32-37H2,1-10H3. The molecule has 0 saturated heterocycles. The van der Waals surface area contributed by atoms with Gasteiger partial charge in [0.05, 0.1) is 5.69 Å². The Morgan fingerprint density at radius 2 is 1.14 bits per heavy atom. The third kappa shape index (κ3) is 6.10. The number of benzene rings is 6. The van der Waals surface area contributed by atoms with E-state index in [1.54, 1.807) is 11.1 Å². The number of anilines is 3. The molecule has 7 aromatic rings. The summed E-state index contributed by atoms with van der Waals surface area (Å²) in [6.45, 7) is 25.0. The molecule has 4 saturated carbocycles. The van der Waals surface area contributed by atoms with Gasteiger partial charge in [-0.3, -0.25) is 0 Å². The first-order valence-corrected chi connectivity index (χ1v) is 27.7. The van der Waals surface area contributed by atoms with Gasteiger partial charge >= 0.3 is 6.85 Å². The van der Waals surface area contributed by atoms with Gasteiger partial charge in [-0.2, -0.15) is 0 Å². The van der Waals surface area contributed by atoms with Crippen LogP contribution in [0.1, 0.15) is 166 Å². The summed E-state index contributed by atoms with van der Waals surface area (Å²) in [6, 6.07) is 38.2. The maximum absolute atomic E-state index is 2.88. The molecule has 7 aliphatic rings. The molecule has 3 heterocycles. The van der Waals surface area contributed by atoms with Gasteiger partial charge in [0, 0.05) is 44.1 Å². The second-order valence-electron chi connectivity index (χ2n) is 27.1. The number of hydrogen-bond donors (Lipinski definition) is 0. The van der Waals surface area contributed by atoms with Crippen molar-refractivity contribution >= 4 is 67.4 Å². The third-order valence-electron chi connectivity index (χ3n) is 20.6. The van der Waals surface area contributed by atoms with E-state index in [0.717, 1.165) is 35.5 Å². The Balaban J connectivity index is 1.09. The van der Waals surface area contributed by atoms with Crippen LogP contribution in [-0.2, 0) is 21.7 Å². The van der Waals surface area contributed by atoms with Gasteiger partial charge < -0.3 is 9.38 Å². The summed E-state index contributed by atoms with van der Waals surface area (Å²) in [4.78, 5) is 2.77. The van der Waals surface area contributed by atoms with Crippen LogP contribution in [0.5, 0.6) is 0 Å². The second-order valence-corrected chi connectivity index (χ2v) is 27.1. The highest BCUT2D eigenvalue weighted by Gasteiger charge is 2.50. The van der Waals surface area contributed by atoms with Crippen molar-refractivity contribution in [3.63, 3.8) is 0 Å². The van der Waals surface area contributed by atoms with Crippen molar-refractivity contribution in [2.45, 2.75) is 168 Å². The molecule has 4 bridgehead atoms. The fraction of sp³-hybridized carbons (Fsp3) is 0.485. The average Bonchev–Trinajstić information content (AvgIpc) is 3.62. The third-order valence-corrected chi connectivity index (χ3v) is 20.6. The lowest BCUT2D eigenvalue weighted by Gasteiger charge is -2.51. The predicted molar refractivity (Wildman–Crippen MR) is 295 cm³/mol. The summed E-state index contributed by atoms with van der Waals surface area (Å²) in [5.41, 5.74) is 22.6. The van der Waals surface area contributed by atoms with Gasteiger partial charge in [0.25, 0.3) is 0 Å². The molecule has 0 N–H and O–H groups in total. The molecule has 2 nitrogen and oxygen atoms in total. The zero-order chi connectivity index (χ0) is 47.3. The molecule has 69 heavy (non-hydrogen) atoms. The van der Waals surface area contributed by atoms with E-state index >= 15 is 0 Å². The molecule has 0 radical (unpaired) electrons. The Morgan fingerprint density at radius 1 is 0.536 bits per heavy atom. The summed E-state index contributed by atoms with van der Waals surface area (Å²) in [5.74, 6) is 4.77. The van der Waals surface area contributed by atoms with Gasteiger partial charge in [-0.05, 0) is 240 Å². The maximum atomic E-state index is 2.88. The molecule has 4 atom stereocenters. The van der Waals surface area contributed by atoms with Crippen LogP contribution in [0.2, 0.25) is 0 Å². The van der Waals surface area contributed by atoms with Crippen LogP contribution >= 0.6 is 0 Å². The summed E-state index contributed by atoms with van der Waals surface area (Å²) in [7, 11) is 0. The Morgan fingerprint density at radius 3 is 1.81 bits per heavy atom. The summed E-state index contributed by atoms with van der Waals surface area (Å²) < 4.78 is 2.88. The van der Waals surface area contributed by atoms with Gasteiger partial charge in [0.15, 0.2) is 0 Å². The molecule has 0 amide bonds. The lowest BCUT2D eigenvalue weighted by molar-refractivity contribution is 0.0779. The van der Waals surface area contributed by atoms with E-state index < -0.39 is 0 Å². The lowest BCUT2D eigenvalue weighted by Crippen LogP contribution is -2.57. The van der Waals surface area contributed by atoms with Gasteiger partial charge in [-0.15, -0.1) is 0 Å². The highest BCUT2D eigenvalue weighted by Crippen LogP contribution is 2.59. The predicted octanol–water partition coefficient (Wildman–Crippen LogP) is 16.5. The summed E-state index contributed by atoms with van der Waals surface area (Å²) in [5, 5.41) is 5.66. The quantitative estimate of drug-likeness (QED) is 0.160. The molecular weight excluding hydrogens is 832 g/mol. The van der Waals surface area contributed by atoms with Crippen LogP contribution in [0.3, 0.4) is 0 Å². The SMILES string of the molecule is Cc1cc2c3c(c1)N(c1cc4c(cc1C)C(C)(C)CCC4(C)C)c1c(ccc4ccccc14)B3n1c3ccc(C45CC(C)CC(CC(C)C4)C5)cc3c3cc(C45CC(C)CC(CC(C)C4)C5)cc-2c31. The molecule has 6 aromatic carbocycles. The van der Waals surface area contributed by atoms with Gasteiger partial charge in [-0.25, -0.2) is 0 Å². The van der Waals surface area contributed by atoms with Crippen LogP contribution < -0.4 is 15.8 Å². The van der Waals surface area contributed by atoms with E-state index in [1.165, 1.54) is 171 Å². The zero-order valence-corrected chi connectivity index (χ0v) is 43.6. The van der Waals surface area contributed by atoms with E-state index in [0.29, 0.717) is 0 Å². The molecule has 2 aliphatic heterocycles. The Kier molecular flexibility index (Phi) is 9.02. The molecule has 14 rings (SSSR count). The average molecular weight is 907 g/mol. The minimum atomic E-state index is 0.0443. The fourth-order valence-electron chi connectivity index (χ4n) is 18.4. The number of hydrogen-bond acceptors (Lipinski definition) is 1. The lowest BCUT2D eigenvalue weighted by atomic mass is 9.44. The number of rotatable bonds is 3. The van der Waals surface area contributed by atoms with Crippen LogP contribution in [-0.4, -0.2) is 11.3 Å². The Bertz CT molecular complexity index is 3300. The Labute approximate surface area is 413 Å². The van der Waals surface area contributed by atoms with Crippen molar-refractivity contribution in [2.75, 3.05) is 4.90 Å². The second kappa shape index (κ2) is 14.4. The van der Waals surface area contributed by atoms with Gasteiger partial charge in [-0.1, -0.05) is 110 Å². The Hall–Kier alpha value is -4.76. The van der Waals surface area contributed by atoms with Gasteiger partial charge in [0.1, 0.15) is 0 Å². The highest BCUT2D eigenvalue weighted by molar-refractivity contribution is 6.90. The first kappa shape index (κ1) is 43.1. The maximum Gasteiger partial charge on any atom is 0.333 e. The van der Waals surface area contributed by atoms with Crippen molar-refractivity contribution in [1.29, 1.82) is 0 Å². The molecule has 4 unspecified atom stereocenters. The number of fused-ring (bicyclic) bond motifs is 14. The number of aromatic nitrogens is 1. The normalized spacial score (nSPS) is 30.3. The van der Waals surface area contributed by atoms with Crippen molar-refractivity contribution in [3.05, 3.63) is 124 Å². The van der Waals surface area contributed by atoms with Crippen molar-refractivity contribution < 1.29 is 0 Å². The smallest absolute Gasteiger partial charge is 0.333 e. The first-order chi connectivity index (χ1) is 33.0. The van der Waals surface area contributed by atoms with E-state index in [2.05, 4.69) is 170 Å². The topological polar surface area (TPSA) is 8.17 Å². The van der Waals surface area contributed by atoms with E-state index in [1.807, 2.05) is 0 Å². The van der Waals surface area contributed by atoms with Crippen molar-refractivity contribution in [2.24, 2.45) is 35.5 Å². The van der Waals surface area contributed by atoms with Crippen molar-refractivity contribution in [1.82, 2.24) is 4.48 Å². The van der Waals surface area contributed by atoms with Gasteiger partial charge in [0.2, 0.25) is 0 Å². The molecule has 352 valence electrons. The number of nitrogens with zero attached hydrogens (tertiary/aromatic N) is 2. The molecule has 1 aromatic heterocycles. The molecule has 4 fully saturated rings. The zero-order valence-electron chi connectivity index (χ0n) is 43.6. The summed E-state index contributed by atoms with van der Waals surface area (Å²) >= 11 is 0. The van der Waals surface area contributed by atoms with E-state index in [9.17, 15) is 0 Å². The monoisotopic (exact) mass is 907 g/mol. The largest absolute Gasteiger partial charge is 0.375 e. The van der Waals surface area contributed by atoms with E-state index in [4.69, 9.17) is 0 Å².